The van der Waals surface area contributed by atoms with Crippen molar-refractivity contribution in [2.75, 3.05) is 0 Å². The summed E-state index contributed by atoms with van der Waals surface area (Å²) >= 11 is 0. The fourth-order valence-electron chi connectivity index (χ4n) is 1.80. The van der Waals surface area contributed by atoms with Crippen LogP contribution in [0.1, 0.15) is 0 Å². The Morgan fingerprint density at radius 1 is 1.05 bits per heavy atom. The molecule has 0 bridgehead atoms. The molecule has 3 rings (SSSR count). The minimum atomic E-state index is -3.91. The van der Waals surface area contributed by atoms with Gasteiger partial charge in [0.25, 0.3) is 0 Å². The van der Waals surface area contributed by atoms with Crippen molar-refractivity contribution in [3.63, 3.8) is 0 Å². The highest BCUT2D eigenvalue weighted by molar-refractivity contribution is 7.85. The third kappa shape index (κ3) is 2.17. The summed E-state index contributed by atoms with van der Waals surface area (Å²) < 4.78 is 30.1. The molecule has 0 aliphatic heterocycles. The average Bonchev–Trinajstić information content (AvgIpc) is 2.93. The van der Waals surface area contributed by atoms with Crippen LogP contribution in [-0.4, -0.2) is 17.4 Å². The zero-order chi connectivity index (χ0) is 13.3. The van der Waals surface area contributed by atoms with E-state index in [4.69, 9.17) is 4.18 Å². The summed E-state index contributed by atoms with van der Waals surface area (Å²) in [5.74, 6) is 0.298. The molecule has 0 fully saturated rings. The molecule has 0 saturated heterocycles. The van der Waals surface area contributed by atoms with Crippen molar-refractivity contribution >= 4 is 21.1 Å². The molecule has 0 amide bonds. The number of hydrogen-bond acceptors (Lipinski definition) is 4. The Labute approximate surface area is 110 Å². The van der Waals surface area contributed by atoms with Crippen LogP contribution in [0, 0.1) is 0 Å². The molecule has 0 radical (unpaired) electrons. The van der Waals surface area contributed by atoms with Gasteiger partial charge in [0.05, 0.1) is 0 Å². The number of hydrogen-bond donors (Lipinski definition) is 0. The van der Waals surface area contributed by atoms with Crippen molar-refractivity contribution in [2.24, 2.45) is 0 Å². The topological polar surface area (TPSA) is 61.2 Å². The maximum Gasteiger partial charge on any atom is 0.414 e. The Morgan fingerprint density at radius 2 is 1.84 bits per heavy atom. The van der Waals surface area contributed by atoms with E-state index in [0.29, 0.717) is 5.75 Å². The van der Waals surface area contributed by atoms with Crippen LogP contribution >= 0.6 is 0 Å². The maximum absolute atomic E-state index is 12.0. The van der Waals surface area contributed by atoms with Gasteiger partial charge in [-0.1, -0.05) is 36.4 Å². The molecule has 5 nitrogen and oxygen atoms in total. The second-order valence-electron chi connectivity index (χ2n) is 3.91. The summed E-state index contributed by atoms with van der Waals surface area (Å²) in [5, 5.41) is 1.66. The third-order valence-corrected chi connectivity index (χ3v) is 3.81. The van der Waals surface area contributed by atoms with Crippen LogP contribution < -0.4 is 4.18 Å². The van der Waals surface area contributed by atoms with Gasteiger partial charge in [0.2, 0.25) is 0 Å². The Hall–Kier alpha value is -2.34. The van der Waals surface area contributed by atoms with Gasteiger partial charge in [-0.05, 0) is 11.5 Å². The molecule has 19 heavy (non-hydrogen) atoms. The van der Waals surface area contributed by atoms with Crippen LogP contribution in [0.4, 0.5) is 0 Å². The standard InChI is InChI=1S/C13H10N2O3S/c16-19(17,15-9-8-14-10-15)18-13-7-3-5-11-4-1-2-6-12(11)13/h1-10H. The molecule has 0 aliphatic rings. The van der Waals surface area contributed by atoms with Gasteiger partial charge in [0, 0.05) is 17.8 Å². The quantitative estimate of drug-likeness (QED) is 0.734. The van der Waals surface area contributed by atoms with Gasteiger partial charge in [0.1, 0.15) is 6.33 Å². The zero-order valence-electron chi connectivity index (χ0n) is 9.80. The van der Waals surface area contributed by atoms with Crippen LogP contribution in [0.25, 0.3) is 10.8 Å². The molecule has 1 heterocycles. The van der Waals surface area contributed by atoms with Gasteiger partial charge in [-0.3, -0.25) is 0 Å². The monoisotopic (exact) mass is 274 g/mol. The first-order valence-corrected chi connectivity index (χ1v) is 6.94. The first-order valence-electron chi connectivity index (χ1n) is 5.57. The highest BCUT2D eigenvalue weighted by Gasteiger charge is 2.16. The van der Waals surface area contributed by atoms with Crippen molar-refractivity contribution in [1.29, 1.82) is 0 Å². The molecular formula is C13H10N2O3S. The van der Waals surface area contributed by atoms with Crippen molar-refractivity contribution in [3.05, 3.63) is 61.2 Å². The fraction of sp³-hybridized carbons (Fsp3) is 0. The van der Waals surface area contributed by atoms with E-state index in [1.807, 2.05) is 30.3 Å². The van der Waals surface area contributed by atoms with Gasteiger partial charge < -0.3 is 4.18 Å². The first-order chi connectivity index (χ1) is 9.17. The zero-order valence-corrected chi connectivity index (χ0v) is 10.6. The summed E-state index contributed by atoms with van der Waals surface area (Å²) in [4.78, 5) is 3.70. The number of fused-ring (bicyclic) bond motifs is 1. The molecule has 0 saturated carbocycles. The first kappa shape index (κ1) is 11.7. The van der Waals surface area contributed by atoms with E-state index < -0.39 is 10.3 Å². The molecule has 0 unspecified atom stereocenters. The number of rotatable bonds is 3. The molecule has 0 atom stereocenters. The van der Waals surface area contributed by atoms with Crippen LogP contribution in [0.5, 0.6) is 5.75 Å². The lowest BCUT2D eigenvalue weighted by atomic mass is 10.1. The summed E-state index contributed by atoms with van der Waals surface area (Å²) in [7, 11) is -3.91. The predicted molar refractivity (Wildman–Crippen MR) is 71.1 cm³/mol. The second kappa shape index (κ2) is 4.40. The summed E-state index contributed by atoms with van der Waals surface area (Å²) in [6.45, 7) is 0. The van der Waals surface area contributed by atoms with Crippen LogP contribution in [0.15, 0.2) is 61.2 Å². The summed E-state index contributed by atoms with van der Waals surface area (Å²) in [5.41, 5.74) is 0. The van der Waals surface area contributed by atoms with E-state index >= 15 is 0 Å². The Bertz CT molecular complexity index is 806. The van der Waals surface area contributed by atoms with Crippen molar-refractivity contribution in [2.45, 2.75) is 0 Å². The lowest BCUT2D eigenvalue weighted by Gasteiger charge is -2.09. The SMILES string of the molecule is O=S(=O)(Oc1cccc2ccccc12)n1ccnc1. The van der Waals surface area contributed by atoms with Crippen molar-refractivity contribution < 1.29 is 12.6 Å². The molecule has 0 aliphatic carbocycles. The second-order valence-corrected chi connectivity index (χ2v) is 5.35. The highest BCUT2D eigenvalue weighted by atomic mass is 32.2. The van der Waals surface area contributed by atoms with E-state index in [9.17, 15) is 8.42 Å². The van der Waals surface area contributed by atoms with Gasteiger partial charge in [-0.2, -0.15) is 8.42 Å². The van der Waals surface area contributed by atoms with Gasteiger partial charge in [0.15, 0.2) is 5.75 Å². The van der Waals surface area contributed by atoms with Gasteiger partial charge >= 0.3 is 10.3 Å². The smallest absolute Gasteiger partial charge is 0.366 e. The minimum absolute atomic E-state index is 0.298. The molecule has 6 heteroatoms. The van der Waals surface area contributed by atoms with Crippen LogP contribution in [-0.2, 0) is 10.3 Å². The largest absolute Gasteiger partial charge is 0.414 e. The van der Waals surface area contributed by atoms with Gasteiger partial charge in [-0.25, -0.2) is 8.96 Å². The van der Waals surface area contributed by atoms with Gasteiger partial charge in [-0.15, -0.1) is 0 Å². The molecule has 2 aromatic carbocycles. The lowest BCUT2D eigenvalue weighted by Crippen LogP contribution is -2.17. The number of aromatic nitrogens is 2. The average molecular weight is 274 g/mol. The molecule has 0 spiro atoms. The van der Waals surface area contributed by atoms with E-state index in [1.54, 1.807) is 12.1 Å². The fourth-order valence-corrected chi connectivity index (χ4v) is 2.64. The van der Waals surface area contributed by atoms with Crippen molar-refractivity contribution in [1.82, 2.24) is 8.96 Å². The van der Waals surface area contributed by atoms with E-state index in [-0.39, 0.29) is 0 Å². The van der Waals surface area contributed by atoms with E-state index in [0.717, 1.165) is 14.7 Å². The molecular weight excluding hydrogens is 264 g/mol. The van der Waals surface area contributed by atoms with Crippen molar-refractivity contribution in [3.8, 4) is 5.75 Å². The van der Waals surface area contributed by atoms with E-state index in [1.165, 1.54) is 18.7 Å². The van der Waals surface area contributed by atoms with Crippen LogP contribution in [0.3, 0.4) is 0 Å². The number of nitrogens with zero attached hydrogens (tertiary/aromatic N) is 2. The Kier molecular flexibility index (Phi) is 2.72. The lowest BCUT2D eigenvalue weighted by molar-refractivity contribution is 0.478. The Balaban J connectivity index is 2.07. The van der Waals surface area contributed by atoms with Crippen LogP contribution in [0.2, 0.25) is 0 Å². The Morgan fingerprint density at radius 3 is 2.63 bits per heavy atom. The maximum atomic E-state index is 12.0. The molecule has 1 aromatic heterocycles. The number of imidazole rings is 1. The van der Waals surface area contributed by atoms with E-state index in [2.05, 4.69) is 4.98 Å². The summed E-state index contributed by atoms with van der Waals surface area (Å²) in [6, 6.07) is 12.7. The third-order valence-electron chi connectivity index (χ3n) is 2.68. The number of benzene rings is 2. The summed E-state index contributed by atoms with van der Waals surface area (Å²) in [6.07, 6.45) is 3.88. The molecule has 96 valence electrons. The highest BCUT2D eigenvalue weighted by Crippen LogP contribution is 2.26. The minimum Gasteiger partial charge on any atom is -0.366 e. The molecule has 3 aromatic rings. The predicted octanol–water partition coefficient (Wildman–Crippen LogP) is 2.21. The molecule has 0 N–H and O–H groups in total. The normalized spacial score (nSPS) is 11.6.